The Bertz CT molecular complexity index is 512. The number of nitrogens with two attached hydrogens (primary N) is 1. The molecule has 0 spiro atoms. The molecule has 0 bridgehead atoms. The molecule has 0 aliphatic heterocycles. The maximum absolute atomic E-state index is 5.92. The molecule has 3 heteroatoms. The van der Waals surface area contributed by atoms with Gasteiger partial charge in [0, 0.05) is 29.6 Å². The van der Waals surface area contributed by atoms with Gasteiger partial charge in [-0.15, -0.1) is 0 Å². The third-order valence-electron chi connectivity index (χ3n) is 3.91. The van der Waals surface area contributed by atoms with Crippen LogP contribution >= 0.6 is 0 Å². The number of fused-ring (bicyclic) bond motifs is 1. The Balaban J connectivity index is 1.63. The van der Waals surface area contributed by atoms with Crippen molar-refractivity contribution in [1.82, 2.24) is 5.32 Å². The summed E-state index contributed by atoms with van der Waals surface area (Å²) in [6.45, 7) is 0.886. The number of benzene rings is 1. The Morgan fingerprint density at radius 1 is 1.17 bits per heavy atom. The predicted octanol–water partition coefficient (Wildman–Crippen LogP) is 2.79. The quantitative estimate of drug-likeness (QED) is 0.873. The number of nitrogens with one attached hydrogen (secondary N) is 1. The lowest BCUT2D eigenvalue weighted by molar-refractivity contribution is 0.341. The van der Waals surface area contributed by atoms with E-state index in [4.69, 9.17) is 10.2 Å². The summed E-state index contributed by atoms with van der Waals surface area (Å²) in [6.07, 6.45) is 6.54. The van der Waals surface area contributed by atoms with E-state index in [1.165, 1.54) is 23.8 Å². The summed E-state index contributed by atoms with van der Waals surface area (Å²) in [5, 5.41) is 4.84. The minimum atomic E-state index is 0.415. The maximum Gasteiger partial charge on any atom is 0.134 e. The number of hydrogen-bond acceptors (Lipinski definition) is 3. The zero-order chi connectivity index (χ0) is 12.4. The molecule has 0 amide bonds. The molecule has 1 aliphatic carbocycles. The molecule has 1 fully saturated rings. The van der Waals surface area contributed by atoms with Gasteiger partial charge in [-0.2, -0.15) is 0 Å². The smallest absolute Gasteiger partial charge is 0.134 e. The molecule has 1 aromatic carbocycles. The molecule has 1 aromatic heterocycles. The molecule has 1 aliphatic rings. The highest BCUT2D eigenvalue weighted by atomic mass is 16.3. The van der Waals surface area contributed by atoms with Crippen LogP contribution in [0.15, 0.2) is 34.9 Å². The Kier molecular flexibility index (Phi) is 3.35. The summed E-state index contributed by atoms with van der Waals surface area (Å²) in [6, 6.07) is 9.22. The summed E-state index contributed by atoms with van der Waals surface area (Å²) >= 11 is 0. The van der Waals surface area contributed by atoms with E-state index in [2.05, 4.69) is 17.4 Å². The van der Waals surface area contributed by atoms with Crippen molar-refractivity contribution >= 4 is 11.0 Å². The molecule has 0 unspecified atom stereocenters. The van der Waals surface area contributed by atoms with Crippen LogP contribution in [0.1, 0.15) is 31.2 Å². The van der Waals surface area contributed by atoms with Crippen LogP contribution in [0.5, 0.6) is 0 Å². The molecule has 0 atom stereocenters. The zero-order valence-corrected chi connectivity index (χ0v) is 10.6. The molecule has 0 radical (unpaired) electrons. The SMILES string of the molecule is NC1CCC(NCc2coc3ccccc23)CC1. The first-order valence-electron chi connectivity index (χ1n) is 6.77. The highest BCUT2D eigenvalue weighted by Gasteiger charge is 2.18. The second-order valence-electron chi connectivity index (χ2n) is 5.25. The van der Waals surface area contributed by atoms with E-state index in [0.29, 0.717) is 12.1 Å². The van der Waals surface area contributed by atoms with Crippen LogP contribution in [0.2, 0.25) is 0 Å². The summed E-state index contributed by atoms with van der Waals surface area (Å²) in [7, 11) is 0. The monoisotopic (exact) mass is 244 g/mol. The van der Waals surface area contributed by atoms with Crippen molar-refractivity contribution in [3.05, 3.63) is 36.1 Å². The van der Waals surface area contributed by atoms with Crippen molar-refractivity contribution in [2.45, 2.75) is 44.3 Å². The van der Waals surface area contributed by atoms with Crippen molar-refractivity contribution in [2.75, 3.05) is 0 Å². The fraction of sp³-hybridized carbons (Fsp3) is 0.467. The van der Waals surface area contributed by atoms with Crippen LogP contribution in [0, 0.1) is 0 Å². The van der Waals surface area contributed by atoms with Gasteiger partial charge in [-0.25, -0.2) is 0 Å². The molecule has 3 rings (SSSR count). The molecular formula is C15H20N2O. The largest absolute Gasteiger partial charge is 0.464 e. The van der Waals surface area contributed by atoms with E-state index in [1.807, 2.05) is 18.4 Å². The molecule has 2 aromatic rings. The van der Waals surface area contributed by atoms with Crippen molar-refractivity contribution < 1.29 is 4.42 Å². The predicted molar refractivity (Wildman–Crippen MR) is 73.3 cm³/mol. The molecule has 0 saturated heterocycles. The van der Waals surface area contributed by atoms with Gasteiger partial charge in [0.05, 0.1) is 6.26 Å². The Morgan fingerprint density at radius 3 is 2.78 bits per heavy atom. The van der Waals surface area contributed by atoms with Gasteiger partial charge in [-0.3, -0.25) is 0 Å². The van der Waals surface area contributed by atoms with Crippen LogP contribution in [-0.2, 0) is 6.54 Å². The fourth-order valence-corrected chi connectivity index (χ4v) is 2.75. The van der Waals surface area contributed by atoms with Gasteiger partial charge in [0.15, 0.2) is 0 Å². The first kappa shape index (κ1) is 11.8. The van der Waals surface area contributed by atoms with E-state index in [1.54, 1.807) is 0 Å². The minimum Gasteiger partial charge on any atom is -0.464 e. The third kappa shape index (κ3) is 2.42. The number of furan rings is 1. The van der Waals surface area contributed by atoms with Gasteiger partial charge in [0.1, 0.15) is 5.58 Å². The van der Waals surface area contributed by atoms with Crippen LogP contribution in [0.4, 0.5) is 0 Å². The van der Waals surface area contributed by atoms with Crippen molar-refractivity contribution in [3.8, 4) is 0 Å². The van der Waals surface area contributed by atoms with Gasteiger partial charge in [0.25, 0.3) is 0 Å². The summed E-state index contributed by atoms with van der Waals surface area (Å²) < 4.78 is 5.55. The Labute approximate surface area is 107 Å². The lowest BCUT2D eigenvalue weighted by atomic mass is 9.92. The molecule has 3 N–H and O–H groups in total. The lowest BCUT2D eigenvalue weighted by Crippen LogP contribution is -2.36. The van der Waals surface area contributed by atoms with E-state index in [9.17, 15) is 0 Å². The highest BCUT2D eigenvalue weighted by molar-refractivity contribution is 5.80. The molecule has 3 nitrogen and oxygen atoms in total. The second kappa shape index (κ2) is 5.12. The van der Waals surface area contributed by atoms with Crippen LogP contribution in [0.25, 0.3) is 11.0 Å². The maximum atomic E-state index is 5.92. The van der Waals surface area contributed by atoms with E-state index in [-0.39, 0.29) is 0 Å². The zero-order valence-electron chi connectivity index (χ0n) is 10.6. The normalized spacial score (nSPS) is 24.5. The first-order chi connectivity index (χ1) is 8.83. The Morgan fingerprint density at radius 2 is 1.94 bits per heavy atom. The summed E-state index contributed by atoms with van der Waals surface area (Å²) in [5.41, 5.74) is 8.14. The highest BCUT2D eigenvalue weighted by Crippen LogP contribution is 2.22. The summed E-state index contributed by atoms with van der Waals surface area (Å²) in [4.78, 5) is 0. The number of rotatable bonds is 3. The average Bonchev–Trinajstić information content (AvgIpc) is 2.82. The van der Waals surface area contributed by atoms with E-state index < -0.39 is 0 Å². The van der Waals surface area contributed by atoms with Gasteiger partial charge in [0.2, 0.25) is 0 Å². The van der Waals surface area contributed by atoms with E-state index >= 15 is 0 Å². The van der Waals surface area contributed by atoms with E-state index in [0.717, 1.165) is 25.0 Å². The molecule has 18 heavy (non-hydrogen) atoms. The number of hydrogen-bond donors (Lipinski definition) is 2. The molecule has 1 saturated carbocycles. The first-order valence-corrected chi connectivity index (χ1v) is 6.77. The van der Waals surface area contributed by atoms with Gasteiger partial charge in [-0.05, 0) is 31.7 Å². The van der Waals surface area contributed by atoms with Crippen LogP contribution < -0.4 is 11.1 Å². The van der Waals surface area contributed by atoms with Gasteiger partial charge >= 0.3 is 0 Å². The average molecular weight is 244 g/mol. The lowest BCUT2D eigenvalue weighted by Gasteiger charge is -2.26. The van der Waals surface area contributed by atoms with Gasteiger partial charge < -0.3 is 15.5 Å². The van der Waals surface area contributed by atoms with Crippen LogP contribution in [-0.4, -0.2) is 12.1 Å². The molecule has 96 valence electrons. The molecular weight excluding hydrogens is 224 g/mol. The topological polar surface area (TPSA) is 51.2 Å². The Hall–Kier alpha value is -1.32. The van der Waals surface area contributed by atoms with Crippen molar-refractivity contribution in [2.24, 2.45) is 5.73 Å². The van der Waals surface area contributed by atoms with Crippen molar-refractivity contribution in [3.63, 3.8) is 0 Å². The fourth-order valence-electron chi connectivity index (χ4n) is 2.75. The summed E-state index contributed by atoms with van der Waals surface area (Å²) in [5.74, 6) is 0. The second-order valence-corrected chi connectivity index (χ2v) is 5.25. The standard InChI is InChI=1S/C15H20N2O/c16-12-5-7-13(8-6-12)17-9-11-10-18-15-4-2-1-3-14(11)15/h1-4,10,12-13,17H,5-9,16H2. The number of para-hydroxylation sites is 1. The third-order valence-corrected chi connectivity index (χ3v) is 3.91. The van der Waals surface area contributed by atoms with Crippen molar-refractivity contribution in [1.29, 1.82) is 0 Å². The minimum absolute atomic E-state index is 0.415. The van der Waals surface area contributed by atoms with Gasteiger partial charge in [-0.1, -0.05) is 18.2 Å². The van der Waals surface area contributed by atoms with Crippen LogP contribution in [0.3, 0.4) is 0 Å². The molecule has 1 heterocycles.